The minimum Gasteiger partial charge on any atom is -0.485 e. The fourth-order valence-corrected chi connectivity index (χ4v) is 4.03. The van der Waals surface area contributed by atoms with Crippen molar-refractivity contribution in [2.24, 2.45) is 0 Å². The number of carbonyl (C=O) groups is 2. The molecule has 4 rings (SSSR count). The molecular weight excluding hydrogens is 506 g/mol. The monoisotopic (exact) mass is 539 g/mol. The number of amides is 1. The molecule has 206 valence electrons. The summed E-state index contributed by atoms with van der Waals surface area (Å²) in [6.07, 6.45) is 0.206. The van der Waals surface area contributed by atoms with Crippen molar-refractivity contribution < 1.29 is 28.5 Å². The van der Waals surface area contributed by atoms with Gasteiger partial charge in [0.25, 0.3) is 0 Å². The van der Waals surface area contributed by atoms with E-state index in [0.717, 1.165) is 22.3 Å². The normalized spacial score (nSPS) is 11.3. The highest BCUT2D eigenvalue weighted by atomic mass is 16.5. The van der Waals surface area contributed by atoms with Gasteiger partial charge in [-0.25, -0.2) is 4.79 Å². The van der Waals surface area contributed by atoms with E-state index in [1.165, 1.54) is 7.11 Å². The molecule has 1 atom stereocenters. The van der Waals surface area contributed by atoms with Crippen LogP contribution >= 0.6 is 0 Å². The molecule has 0 spiro atoms. The highest BCUT2D eigenvalue weighted by Gasteiger charge is 2.23. The van der Waals surface area contributed by atoms with Gasteiger partial charge in [-0.05, 0) is 34.4 Å². The Morgan fingerprint density at radius 2 is 1.18 bits per heavy atom. The molecule has 7 nitrogen and oxygen atoms in total. The first-order valence-corrected chi connectivity index (χ1v) is 13.1. The molecule has 1 N–H and O–H groups in total. The predicted octanol–water partition coefficient (Wildman–Crippen LogP) is 5.26. The Hall–Kier alpha value is -4.62. The Bertz CT molecular complexity index is 1350. The molecule has 0 bridgehead atoms. The van der Waals surface area contributed by atoms with Crippen LogP contribution in [0.3, 0.4) is 0 Å². The minimum atomic E-state index is -0.893. The van der Waals surface area contributed by atoms with Crippen LogP contribution in [0.5, 0.6) is 11.5 Å². The van der Waals surface area contributed by atoms with Crippen LogP contribution < -0.4 is 14.8 Å². The second-order valence-corrected chi connectivity index (χ2v) is 9.16. The fraction of sp³-hybridized carbons (Fsp3) is 0.212. The molecule has 1 amide bonds. The maximum atomic E-state index is 12.6. The van der Waals surface area contributed by atoms with Crippen LogP contribution in [0.1, 0.15) is 22.3 Å². The Morgan fingerprint density at radius 1 is 0.650 bits per heavy atom. The van der Waals surface area contributed by atoms with Gasteiger partial charge < -0.3 is 24.3 Å². The smallest absolute Gasteiger partial charge is 0.328 e. The number of ether oxygens (including phenoxy) is 4. The topological polar surface area (TPSA) is 83.1 Å². The number of benzene rings is 4. The van der Waals surface area contributed by atoms with E-state index in [-0.39, 0.29) is 13.0 Å². The van der Waals surface area contributed by atoms with Crippen molar-refractivity contribution in [3.05, 3.63) is 131 Å². The third kappa shape index (κ3) is 8.99. The van der Waals surface area contributed by atoms with Crippen LogP contribution in [0.25, 0.3) is 0 Å². The second kappa shape index (κ2) is 15.1. The first kappa shape index (κ1) is 28.4. The molecule has 40 heavy (non-hydrogen) atoms. The Labute approximate surface area is 234 Å². The van der Waals surface area contributed by atoms with Crippen molar-refractivity contribution in [3.8, 4) is 11.5 Å². The van der Waals surface area contributed by atoms with E-state index in [4.69, 9.17) is 18.9 Å². The lowest BCUT2D eigenvalue weighted by Gasteiger charge is -2.19. The summed E-state index contributed by atoms with van der Waals surface area (Å²) in [4.78, 5) is 25.1. The zero-order valence-corrected chi connectivity index (χ0v) is 22.5. The lowest BCUT2D eigenvalue weighted by atomic mass is 10.0. The third-order valence-corrected chi connectivity index (χ3v) is 6.09. The van der Waals surface area contributed by atoms with Crippen LogP contribution in [0.2, 0.25) is 0 Å². The Morgan fingerprint density at radius 3 is 1.73 bits per heavy atom. The molecule has 0 heterocycles. The lowest BCUT2D eigenvalue weighted by molar-refractivity contribution is -0.145. The highest BCUT2D eigenvalue weighted by molar-refractivity contribution is 5.85. The zero-order valence-electron chi connectivity index (χ0n) is 22.5. The van der Waals surface area contributed by atoms with Gasteiger partial charge in [-0.2, -0.15) is 0 Å². The molecule has 0 radical (unpaired) electrons. The molecule has 0 saturated heterocycles. The summed E-state index contributed by atoms with van der Waals surface area (Å²) in [6, 6.07) is 33.8. The largest absolute Gasteiger partial charge is 0.485 e. The van der Waals surface area contributed by atoms with Crippen molar-refractivity contribution in [3.63, 3.8) is 0 Å². The van der Waals surface area contributed by atoms with Crippen LogP contribution in [0.4, 0.5) is 0 Å². The average Bonchev–Trinajstić information content (AvgIpc) is 3.00. The van der Waals surface area contributed by atoms with Gasteiger partial charge in [0.2, 0.25) is 5.91 Å². The summed E-state index contributed by atoms with van der Waals surface area (Å²) in [5.74, 6) is 0.164. The molecular formula is C33H33NO6. The summed E-state index contributed by atoms with van der Waals surface area (Å²) in [5, 5.41) is 2.73. The number of nitrogens with one attached hydrogen (secondary N) is 1. The van der Waals surface area contributed by atoms with E-state index in [9.17, 15) is 9.59 Å². The van der Waals surface area contributed by atoms with E-state index in [1.807, 2.05) is 109 Å². The maximum absolute atomic E-state index is 12.6. The maximum Gasteiger partial charge on any atom is 0.328 e. The Kier molecular flexibility index (Phi) is 10.7. The first-order valence-electron chi connectivity index (χ1n) is 13.1. The molecule has 0 aliphatic heterocycles. The average molecular weight is 540 g/mol. The molecule has 0 saturated carbocycles. The molecule has 0 aliphatic rings. The van der Waals surface area contributed by atoms with Gasteiger partial charge in [0.05, 0.1) is 13.7 Å². The third-order valence-electron chi connectivity index (χ3n) is 6.09. The predicted molar refractivity (Wildman–Crippen MR) is 152 cm³/mol. The van der Waals surface area contributed by atoms with Gasteiger partial charge in [-0.1, -0.05) is 97.1 Å². The summed E-state index contributed by atoms with van der Waals surface area (Å²) in [6.45, 7) is 0.845. The first-order chi connectivity index (χ1) is 19.6. The van der Waals surface area contributed by atoms with Crippen molar-refractivity contribution in [1.82, 2.24) is 5.32 Å². The van der Waals surface area contributed by atoms with Gasteiger partial charge >= 0.3 is 5.97 Å². The van der Waals surface area contributed by atoms with Crippen LogP contribution in [0.15, 0.2) is 109 Å². The lowest BCUT2D eigenvalue weighted by Crippen LogP contribution is -2.44. The summed E-state index contributed by atoms with van der Waals surface area (Å²) in [5.41, 5.74) is 3.77. The second-order valence-electron chi connectivity index (χ2n) is 9.16. The zero-order chi connectivity index (χ0) is 28.0. The number of methoxy groups -OCH3 is 1. The molecule has 0 aliphatic carbocycles. The van der Waals surface area contributed by atoms with Crippen molar-refractivity contribution in [2.75, 3.05) is 13.7 Å². The minimum absolute atomic E-state index is 0.180. The van der Waals surface area contributed by atoms with E-state index >= 15 is 0 Å². The van der Waals surface area contributed by atoms with Crippen molar-refractivity contribution in [2.45, 2.75) is 32.3 Å². The van der Waals surface area contributed by atoms with Gasteiger partial charge in [0.15, 0.2) is 11.5 Å². The molecule has 4 aromatic rings. The molecule has 0 unspecified atom stereocenters. The molecule has 7 heteroatoms. The van der Waals surface area contributed by atoms with Crippen LogP contribution in [-0.2, 0) is 45.3 Å². The quantitative estimate of drug-likeness (QED) is 0.220. The standard InChI is InChI=1S/C33H33NO6/c1-37-33(36)29(34-32(35)24-38-21-25-11-5-2-6-12-25)19-28-17-18-30(39-22-26-13-7-3-8-14-26)31(20-28)40-23-27-15-9-4-10-16-27/h2-18,20,29H,19,21-24H2,1H3,(H,34,35)/t29-/m1/s1. The van der Waals surface area contributed by atoms with Crippen LogP contribution in [-0.4, -0.2) is 31.6 Å². The van der Waals surface area contributed by atoms with E-state index in [2.05, 4.69) is 5.32 Å². The number of carbonyl (C=O) groups excluding carboxylic acids is 2. The van der Waals surface area contributed by atoms with Gasteiger partial charge in [0.1, 0.15) is 25.9 Å². The highest BCUT2D eigenvalue weighted by Crippen LogP contribution is 2.30. The van der Waals surface area contributed by atoms with Crippen molar-refractivity contribution in [1.29, 1.82) is 0 Å². The number of hydrogen-bond acceptors (Lipinski definition) is 6. The number of hydrogen-bond donors (Lipinski definition) is 1. The van der Waals surface area contributed by atoms with Crippen molar-refractivity contribution >= 4 is 11.9 Å². The van der Waals surface area contributed by atoms with E-state index < -0.39 is 17.9 Å². The summed E-state index contributed by atoms with van der Waals surface area (Å²) >= 11 is 0. The van der Waals surface area contributed by atoms with Gasteiger partial charge in [0, 0.05) is 6.42 Å². The molecule has 0 fully saturated rings. The SMILES string of the molecule is COC(=O)[C@@H](Cc1ccc(OCc2ccccc2)c(OCc2ccccc2)c1)NC(=O)COCc1ccccc1. The molecule has 4 aromatic carbocycles. The van der Waals surface area contributed by atoms with Gasteiger partial charge in [-0.15, -0.1) is 0 Å². The number of esters is 1. The van der Waals surface area contributed by atoms with Crippen LogP contribution in [0, 0.1) is 0 Å². The fourth-order valence-electron chi connectivity index (χ4n) is 4.03. The summed E-state index contributed by atoms with van der Waals surface area (Å²) in [7, 11) is 1.29. The molecule has 0 aromatic heterocycles. The van der Waals surface area contributed by atoms with E-state index in [1.54, 1.807) is 0 Å². The Balaban J connectivity index is 1.43. The number of rotatable bonds is 14. The summed E-state index contributed by atoms with van der Waals surface area (Å²) < 4.78 is 22.7. The van der Waals surface area contributed by atoms with E-state index in [0.29, 0.717) is 31.3 Å². The van der Waals surface area contributed by atoms with Gasteiger partial charge in [-0.3, -0.25) is 4.79 Å².